The van der Waals surface area contributed by atoms with Gasteiger partial charge in [0.05, 0.1) is 11.8 Å². The lowest BCUT2D eigenvalue weighted by Gasteiger charge is -2.36. The molecule has 0 spiro atoms. The molecule has 0 heterocycles. The summed E-state index contributed by atoms with van der Waals surface area (Å²) < 4.78 is 11.1. The molecule has 0 aromatic heterocycles. The van der Waals surface area contributed by atoms with Crippen LogP contribution in [-0.2, 0) is 19.1 Å². The molecule has 0 aromatic carbocycles. The Bertz CT molecular complexity index is 331. The molecule has 20 heavy (non-hydrogen) atoms. The third-order valence-corrected chi connectivity index (χ3v) is 3.63. The molecule has 0 saturated heterocycles. The van der Waals surface area contributed by atoms with Crippen LogP contribution < -0.4 is 0 Å². The first kappa shape index (κ1) is 18.9. The van der Waals surface area contributed by atoms with Gasteiger partial charge >= 0.3 is 11.9 Å². The van der Waals surface area contributed by atoms with Gasteiger partial charge in [0.2, 0.25) is 0 Å². The molecule has 0 rings (SSSR count). The van der Waals surface area contributed by atoms with E-state index in [0.29, 0.717) is 6.42 Å². The molecule has 0 aliphatic heterocycles. The summed E-state index contributed by atoms with van der Waals surface area (Å²) in [7, 11) is 0. The van der Waals surface area contributed by atoms with Gasteiger partial charge in [-0.2, -0.15) is 0 Å². The minimum Gasteiger partial charge on any atom is -0.462 e. The van der Waals surface area contributed by atoms with Crippen molar-refractivity contribution in [2.45, 2.75) is 73.5 Å². The van der Waals surface area contributed by atoms with Crippen LogP contribution >= 0.6 is 0 Å². The van der Waals surface area contributed by atoms with Crippen molar-refractivity contribution in [3.05, 3.63) is 0 Å². The topological polar surface area (TPSA) is 52.6 Å². The molecule has 2 unspecified atom stereocenters. The number of hydrogen-bond donors (Lipinski definition) is 0. The van der Waals surface area contributed by atoms with Crippen molar-refractivity contribution in [3.8, 4) is 0 Å². The Labute approximate surface area is 123 Å². The highest BCUT2D eigenvalue weighted by Crippen LogP contribution is 2.29. The molecule has 0 saturated carbocycles. The summed E-state index contributed by atoms with van der Waals surface area (Å²) in [5.74, 6) is -0.836. The van der Waals surface area contributed by atoms with Crippen molar-refractivity contribution >= 4 is 11.9 Å². The maximum absolute atomic E-state index is 11.8. The standard InChI is InChI=1S/C16H30O4/c1-9-13(19-14(17)10(2)3)12(6)16(7,8)20-15(18)11(4)5/h10-13H,9H2,1-8H3. The Hall–Kier alpha value is -1.06. The van der Waals surface area contributed by atoms with Gasteiger partial charge in [-0.3, -0.25) is 9.59 Å². The van der Waals surface area contributed by atoms with E-state index in [-0.39, 0.29) is 35.8 Å². The predicted octanol–water partition coefficient (Wildman–Crippen LogP) is 3.58. The lowest BCUT2D eigenvalue weighted by atomic mass is 9.86. The van der Waals surface area contributed by atoms with Crippen molar-refractivity contribution in [1.29, 1.82) is 0 Å². The summed E-state index contributed by atoms with van der Waals surface area (Å²) in [6.45, 7) is 14.9. The van der Waals surface area contributed by atoms with Crippen LogP contribution in [0.25, 0.3) is 0 Å². The van der Waals surface area contributed by atoms with E-state index in [9.17, 15) is 9.59 Å². The lowest BCUT2D eigenvalue weighted by molar-refractivity contribution is -0.175. The van der Waals surface area contributed by atoms with E-state index in [1.807, 2.05) is 41.5 Å². The number of esters is 2. The fraction of sp³-hybridized carbons (Fsp3) is 0.875. The van der Waals surface area contributed by atoms with E-state index in [1.54, 1.807) is 13.8 Å². The van der Waals surface area contributed by atoms with E-state index in [2.05, 4.69) is 0 Å². The highest BCUT2D eigenvalue weighted by Gasteiger charge is 2.37. The number of carbonyl (C=O) groups excluding carboxylic acids is 2. The SMILES string of the molecule is CCC(OC(=O)C(C)C)C(C)C(C)(C)OC(=O)C(C)C. The molecule has 0 aromatic rings. The van der Waals surface area contributed by atoms with Gasteiger partial charge in [-0.25, -0.2) is 0 Å². The van der Waals surface area contributed by atoms with Crippen LogP contribution in [-0.4, -0.2) is 23.6 Å². The fourth-order valence-corrected chi connectivity index (χ4v) is 1.74. The third-order valence-electron chi connectivity index (χ3n) is 3.63. The zero-order valence-corrected chi connectivity index (χ0v) is 14.1. The summed E-state index contributed by atoms with van der Waals surface area (Å²) in [6.07, 6.45) is 0.447. The van der Waals surface area contributed by atoms with Gasteiger partial charge in [-0.15, -0.1) is 0 Å². The van der Waals surface area contributed by atoms with Gasteiger partial charge < -0.3 is 9.47 Å². The van der Waals surface area contributed by atoms with Crippen molar-refractivity contribution < 1.29 is 19.1 Å². The molecule has 0 bridgehead atoms. The second-order valence-corrected chi connectivity index (χ2v) is 6.51. The van der Waals surface area contributed by atoms with Crippen LogP contribution in [0.2, 0.25) is 0 Å². The van der Waals surface area contributed by atoms with Crippen molar-refractivity contribution in [2.24, 2.45) is 17.8 Å². The maximum Gasteiger partial charge on any atom is 0.308 e. The highest BCUT2D eigenvalue weighted by molar-refractivity contribution is 5.72. The van der Waals surface area contributed by atoms with Gasteiger partial charge in [0.15, 0.2) is 0 Å². The molecule has 0 radical (unpaired) electrons. The highest BCUT2D eigenvalue weighted by atomic mass is 16.6. The minimum atomic E-state index is -0.667. The van der Waals surface area contributed by atoms with Crippen LogP contribution in [0.4, 0.5) is 0 Å². The average Bonchev–Trinajstić information content (AvgIpc) is 2.33. The fourth-order valence-electron chi connectivity index (χ4n) is 1.74. The van der Waals surface area contributed by atoms with Crippen LogP contribution in [0.3, 0.4) is 0 Å². The molecular weight excluding hydrogens is 256 g/mol. The molecule has 0 aliphatic carbocycles. The molecule has 4 heteroatoms. The molecule has 0 fully saturated rings. The lowest BCUT2D eigenvalue weighted by Crippen LogP contribution is -2.44. The van der Waals surface area contributed by atoms with E-state index >= 15 is 0 Å². The van der Waals surface area contributed by atoms with Gasteiger partial charge in [-0.1, -0.05) is 41.5 Å². The Morgan fingerprint density at radius 1 is 0.950 bits per heavy atom. The molecule has 0 amide bonds. The van der Waals surface area contributed by atoms with E-state index in [1.165, 1.54) is 0 Å². The predicted molar refractivity (Wildman–Crippen MR) is 79.2 cm³/mol. The molecule has 4 nitrogen and oxygen atoms in total. The normalized spacial score (nSPS) is 15.1. The summed E-state index contributed by atoms with van der Waals surface area (Å²) >= 11 is 0. The Morgan fingerprint density at radius 3 is 1.75 bits per heavy atom. The van der Waals surface area contributed by atoms with Gasteiger partial charge in [-0.05, 0) is 20.3 Å². The van der Waals surface area contributed by atoms with E-state index < -0.39 is 5.60 Å². The monoisotopic (exact) mass is 286 g/mol. The second kappa shape index (κ2) is 7.65. The summed E-state index contributed by atoms with van der Waals surface area (Å²) in [6, 6.07) is 0. The maximum atomic E-state index is 11.8. The molecule has 2 atom stereocenters. The van der Waals surface area contributed by atoms with Crippen LogP contribution in [0.1, 0.15) is 61.8 Å². The summed E-state index contributed by atoms with van der Waals surface area (Å²) in [5, 5.41) is 0. The Balaban J connectivity index is 4.84. The number of rotatable bonds is 7. The van der Waals surface area contributed by atoms with Crippen molar-refractivity contribution in [3.63, 3.8) is 0 Å². The Morgan fingerprint density at radius 2 is 1.40 bits per heavy atom. The number of ether oxygens (including phenoxy) is 2. The van der Waals surface area contributed by atoms with Crippen LogP contribution in [0.15, 0.2) is 0 Å². The molecule has 0 aliphatic rings. The molecule has 118 valence electrons. The first-order valence-electron chi connectivity index (χ1n) is 7.46. The van der Waals surface area contributed by atoms with E-state index in [0.717, 1.165) is 0 Å². The first-order valence-corrected chi connectivity index (χ1v) is 7.46. The Kier molecular flexibility index (Phi) is 7.25. The largest absolute Gasteiger partial charge is 0.462 e. The summed E-state index contributed by atoms with van der Waals surface area (Å²) in [5.41, 5.74) is -0.667. The molecule has 0 N–H and O–H groups in total. The zero-order chi connectivity index (χ0) is 16.1. The van der Waals surface area contributed by atoms with Crippen LogP contribution in [0.5, 0.6) is 0 Å². The third kappa shape index (κ3) is 5.51. The first-order chi connectivity index (χ1) is 9.02. The van der Waals surface area contributed by atoms with Gasteiger partial charge in [0, 0.05) is 5.92 Å². The van der Waals surface area contributed by atoms with Crippen molar-refractivity contribution in [2.75, 3.05) is 0 Å². The van der Waals surface area contributed by atoms with E-state index in [4.69, 9.17) is 9.47 Å². The smallest absolute Gasteiger partial charge is 0.308 e. The number of hydrogen-bond acceptors (Lipinski definition) is 4. The minimum absolute atomic E-state index is 0.0714. The molecular formula is C16H30O4. The van der Waals surface area contributed by atoms with Gasteiger partial charge in [0.25, 0.3) is 0 Å². The van der Waals surface area contributed by atoms with Crippen molar-refractivity contribution in [1.82, 2.24) is 0 Å². The number of carbonyl (C=O) groups is 2. The van der Waals surface area contributed by atoms with Gasteiger partial charge in [0.1, 0.15) is 11.7 Å². The van der Waals surface area contributed by atoms with Crippen LogP contribution in [0, 0.1) is 17.8 Å². The quantitative estimate of drug-likeness (QED) is 0.671. The average molecular weight is 286 g/mol. The summed E-state index contributed by atoms with van der Waals surface area (Å²) in [4.78, 5) is 23.5. The zero-order valence-electron chi connectivity index (χ0n) is 14.1. The second-order valence-electron chi connectivity index (χ2n) is 6.51.